The number of hydrogen-bond donors (Lipinski definition) is 2. The van der Waals surface area contributed by atoms with Gasteiger partial charge in [0.1, 0.15) is 5.69 Å². The monoisotopic (exact) mass is 293 g/mol. The number of hydrogen-bond acceptors (Lipinski definition) is 4. The quantitative estimate of drug-likeness (QED) is 0.870. The highest BCUT2D eigenvalue weighted by Gasteiger charge is 2.44. The Kier molecular flexibility index (Phi) is 4.10. The Labute approximate surface area is 124 Å². The van der Waals surface area contributed by atoms with Crippen molar-refractivity contribution in [3.63, 3.8) is 0 Å². The van der Waals surface area contributed by atoms with Crippen LogP contribution in [0.2, 0.25) is 0 Å². The summed E-state index contributed by atoms with van der Waals surface area (Å²) >= 11 is 0. The summed E-state index contributed by atoms with van der Waals surface area (Å²) in [5, 5.41) is 14.1. The first-order valence-electron chi connectivity index (χ1n) is 7.65. The van der Waals surface area contributed by atoms with Gasteiger partial charge in [0.2, 0.25) is 0 Å². The van der Waals surface area contributed by atoms with E-state index in [-0.39, 0.29) is 17.5 Å². The van der Waals surface area contributed by atoms with Gasteiger partial charge in [0, 0.05) is 25.1 Å². The van der Waals surface area contributed by atoms with Gasteiger partial charge in [0.25, 0.3) is 0 Å². The fourth-order valence-electron chi connectivity index (χ4n) is 3.53. The first-order valence-corrected chi connectivity index (χ1v) is 7.65. The highest BCUT2D eigenvalue weighted by Crippen LogP contribution is 2.44. The summed E-state index contributed by atoms with van der Waals surface area (Å²) in [5.41, 5.74) is 0.914. The van der Waals surface area contributed by atoms with Crippen molar-refractivity contribution in [2.75, 3.05) is 13.2 Å². The number of nitrogens with one attached hydrogen (secondary N) is 2. The maximum atomic E-state index is 12.1. The van der Waals surface area contributed by atoms with Crippen molar-refractivity contribution in [3.05, 3.63) is 11.9 Å². The van der Waals surface area contributed by atoms with Crippen LogP contribution in [-0.2, 0) is 18.3 Å². The van der Waals surface area contributed by atoms with E-state index in [1.165, 1.54) is 17.6 Å². The predicted molar refractivity (Wildman–Crippen MR) is 76.5 cm³/mol. The van der Waals surface area contributed by atoms with Gasteiger partial charge >= 0.3 is 6.03 Å². The first kappa shape index (κ1) is 14.3. The zero-order valence-electron chi connectivity index (χ0n) is 12.5. The van der Waals surface area contributed by atoms with Crippen LogP contribution in [0.15, 0.2) is 6.20 Å². The molecular formula is C14H23N5O2. The molecule has 7 nitrogen and oxygen atoms in total. The number of aryl methyl sites for hydroxylation is 1. The molecule has 1 saturated carbocycles. The molecule has 1 aliphatic carbocycles. The second-order valence-electron chi connectivity index (χ2n) is 6.12. The van der Waals surface area contributed by atoms with E-state index in [1.807, 2.05) is 0 Å². The summed E-state index contributed by atoms with van der Waals surface area (Å²) in [5.74, 6) is 0. The molecule has 2 fully saturated rings. The molecule has 1 spiro atoms. The number of rotatable bonds is 3. The molecule has 0 radical (unpaired) electrons. The van der Waals surface area contributed by atoms with Crippen LogP contribution in [0.1, 0.15) is 37.8 Å². The Morgan fingerprint density at radius 1 is 1.52 bits per heavy atom. The minimum Gasteiger partial charge on any atom is -0.381 e. The lowest BCUT2D eigenvalue weighted by molar-refractivity contribution is -0.0264. The summed E-state index contributed by atoms with van der Waals surface area (Å²) in [6, 6.07) is 0.0921. The fourth-order valence-corrected chi connectivity index (χ4v) is 3.53. The number of carbonyl (C=O) groups is 1. The lowest BCUT2D eigenvalue weighted by atomic mass is 9.76. The minimum atomic E-state index is -0.126. The van der Waals surface area contributed by atoms with E-state index in [9.17, 15) is 4.79 Å². The average Bonchev–Trinajstić information content (AvgIpc) is 3.09. The van der Waals surface area contributed by atoms with E-state index in [1.54, 1.807) is 13.2 Å². The SMILES string of the molecule is Cn1ncc(CNC(=O)N[C@H]2CCOCC23CCCC3)n1. The summed E-state index contributed by atoms with van der Waals surface area (Å²) in [6.07, 6.45) is 7.35. The molecule has 3 rings (SSSR count). The maximum absolute atomic E-state index is 12.1. The van der Waals surface area contributed by atoms with Crippen molar-refractivity contribution in [3.8, 4) is 0 Å². The molecule has 1 aromatic heterocycles. The number of urea groups is 1. The van der Waals surface area contributed by atoms with Crippen molar-refractivity contribution in [1.29, 1.82) is 0 Å². The van der Waals surface area contributed by atoms with E-state index in [2.05, 4.69) is 20.8 Å². The van der Waals surface area contributed by atoms with Gasteiger partial charge in [-0.05, 0) is 19.3 Å². The molecule has 7 heteroatoms. The van der Waals surface area contributed by atoms with E-state index < -0.39 is 0 Å². The van der Waals surface area contributed by atoms with Crippen LogP contribution < -0.4 is 10.6 Å². The van der Waals surface area contributed by atoms with Crippen LogP contribution in [0, 0.1) is 5.41 Å². The Balaban J connectivity index is 1.53. The molecule has 21 heavy (non-hydrogen) atoms. The Morgan fingerprint density at radius 2 is 2.33 bits per heavy atom. The van der Waals surface area contributed by atoms with Gasteiger partial charge in [0.05, 0.1) is 19.3 Å². The second kappa shape index (κ2) is 6.01. The molecule has 1 atom stereocenters. The van der Waals surface area contributed by atoms with Gasteiger partial charge in [-0.15, -0.1) is 0 Å². The molecule has 1 aromatic rings. The third-order valence-electron chi connectivity index (χ3n) is 4.66. The smallest absolute Gasteiger partial charge is 0.315 e. The molecule has 2 heterocycles. The van der Waals surface area contributed by atoms with Crippen molar-refractivity contribution < 1.29 is 9.53 Å². The minimum absolute atomic E-state index is 0.126. The van der Waals surface area contributed by atoms with E-state index in [0.29, 0.717) is 6.54 Å². The highest BCUT2D eigenvalue weighted by molar-refractivity contribution is 5.74. The van der Waals surface area contributed by atoms with Crippen molar-refractivity contribution in [2.45, 2.75) is 44.7 Å². The van der Waals surface area contributed by atoms with Gasteiger partial charge < -0.3 is 15.4 Å². The third-order valence-corrected chi connectivity index (χ3v) is 4.66. The molecular weight excluding hydrogens is 270 g/mol. The second-order valence-corrected chi connectivity index (χ2v) is 6.12. The molecule has 1 saturated heterocycles. The van der Waals surface area contributed by atoms with Crippen molar-refractivity contribution >= 4 is 6.03 Å². The van der Waals surface area contributed by atoms with Crippen LogP contribution in [-0.4, -0.2) is 40.3 Å². The van der Waals surface area contributed by atoms with Gasteiger partial charge in [-0.1, -0.05) is 12.8 Å². The number of ether oxygens (including phenoxy) is 1. The van der Waals surface area contributed by atoms with Gasteiger partial charge in [-0.2, -0.15) is 15.0 Å². The molecule has 2 amide bonds. The topological polar surface area (TPSA) is 81.1 Å². The van der Waals surface area contributed by atoms with Gasteiger partial charge in [-0.25, -0.2) is 4.79 Å². The summed E-state index contributed by atoms with van der Waals surface area (Å²) in [4.78, 5) is 13.6. The predicted octanol–water partition coefficient (Wildman–Crippen LogP) is 0.964. The first-order chi connectivity index (χ1) is 10.2. The molecule has 2 N–H and O–H groups in total. The summed E-state index contributed by atoms with van der Waals surface area (Å²) in [6.45, 7) is 1.91. The molecule has 2 aliphatic rings. The lowest BCUT2D eigenvalue weighted by Crippen LogP contribution is -2.54. The Bertz CT molecular complexity index is 495. The van der Waals surface area contributed by atoms with Crippen LogP contribution in [0.4, 0.5) is 4.79 Å². The van der Waals surface area contributed by atoms with Gasteiger partial charge in [-0.3, -0.25) is 0 Å². The highest BCUT2D eigenvalue weighted by atomic mass is 16.5. The zero-order valence-corrected chi connectivity index (χ0v) is 12.5. The number of carbonyl (C=O) groups excluding carboxylic acids is 1. The molecule has 0 bridgehead atoms. The Hall–Kier alpha value is -1.63. The Morgan fingerprint density at radius 3 is 3.05 bits per heavy atom. The van der Waals surface area contributed by atoms with Crippen molar-refractivity contribution in [1.82, 2.24) is 25.6 Å². The molecule has 0 unspecified atom stereocenters. The van der Waals surface area contributed by atoms with Gasteiger partial charge in [0.15, 0.2) is 0 Å². The average molecular weight is 293 g/mol. The maximum Gasteiger partial charge on any atom is 0.315 e. The van der Waals surface area contributed by atoms with E-state index >= 15 is 0 Å². The van der Waals surface area contributed by atoms with Crippen molar-refractivity contribution in [2.24, 2.45) is 12.5 Å². The van der Waals surface area contributed by atoms with E-state index in [0.717, 1.165) is 38.2 Å². The number of aromatic nitrogens is 3. The summed E-state index contributed by atoms with van der Waals surface area (Å²) in [7, 11) is 1.76. The molecule has 1 aliphatic heterocycles. The summed E-state index contributed by atoms with van der Waals surface area (Å²) < 4.78 is 5.66. The van der Waals surface area contributed by atoms with Crippen LogP contribution in [0.5, 0.6) is 0 Å². The number of amides is 2. The van der Waals surface area contributed by atoms with Crippen LogP contribution >= 0.6 is 0 Å². The van der Waals surface area contributed by atoms with Crippen LogP contribution in [0.3, 0.4) is 0 Å². The zero-order chi connectivity index (χ0) is 14.7. The molecule has 0 aromatic carbocycles. The van der Waals surface area contributed by atoms with E-state index in [4.69, 9.17) is 4.74 Å². The lowest BCUT2D eigenvalue weighted by Gasteiger charge is -2.41. The largest absolute Gasteiger partial charge is 0.381 e. The number of nitrogens with zero attached hydrogens (tertiary/aromatic N) is 3. The fraction of sp³-hybridized carbons (Fsp3) is 0.786. The normalized spacial score (nSPS) is 24.1. The molecule has 116 valence electrons. The third kappa shape index (κ3) is 3.18. The van der Waals surface area contributed by atoms with Crippen LogP contribution in [0.25, 0.3) is 0 Å². The standard InChI is InChI=1S/C14H23N5O2/c1-19-16-9-11(18-19)8-15-13(20)17-12-4-7-21-10-14(12)5-2-3-6-14/h9,12H,2-8,10H2,1H3,(H2,15,17,20)/t12-/m0/s1.